The summed E-state index contributed by atoms with van der Waals surface area (Å²) in [5, 5.41) is 5.69. The maximum absolute atomic E-state index is 12.0. The Morgan fingerprint density at radius 2 is 1.92 bits per heavy atom. The lowest BCUT2D eigenvalue weighted by Gasteiger charge is -2.24. The van der Waals surface area contributed by atoms with Crippen molar-refractivity contribution in [2.45, 2.75) is 6.54 Å². The number of cyclic esters (lactones) is 1. The van der Waals surface area contributed by atoms with Crippen LogP contribution in [0.2, 0.25) is 0 Å². The van der Waals surface area contributed by atoms with E-state index in [0.29, 0.717) is 22.9 Å². The van der Waals surface area contributed by atoms with Crippen LogP contribution in [0, 0.1) is 0 Å². The van der Waals surface area contributed by atoms with Gasteiger partial charge >= 0.3 is 6.09 Å². The molecule has 0 bridgehead atoms. The van der Waals surface area contributed by atoms with Gasteiger partial charge in [0.2, 0.25) is 0 Å². The monoisotopic (exact) mass is 341 g/mol. The summed E-state index contributed by atoms with van der Waals surface area (Å²) in [5.41, 5.74) is 8.75. The van der Waals surface area contributed by atoms with E-state index in [4.69, 9.17) is 19.9 Å². The Kier molecular flexibility index (Phi) is 4.74. The molecule has 1 aliphatic rings. The standard InChI is InChI=1S/C18H19N3O4/c1-23-16-8-7-12(9-17(16)24-2)15-11-25-18(22)21(20-15)10-13-5-3-4-6-14(13)19/h3-9H,10-11,19H2,1-2H3. The molecule has 0 spiro atoms. The number of carbonyl (C=O) groups is 1. The van der Waals surface area contributed by atoms with E-state index in [1.165, 1.54) is 5.01 Å². The van der Waals surface area contributed by atoms with Crippen molar-refractivity contribution in [3.63, 3.8) is 0 Å². The van der Waals surface area contributed by atoms with Crippen LogP contribution in [0.5, 0.6) is 11.5 Å². The molecule has 7 nitrogen and oxygen atoms in total. The molecule has 0 unspecified atom stereocenters. The van der Waals surface area contributed by atoms with E-state index in [1.54, 1.807) is 32.4 Å². The third-order valence-corrected chi connectivity index (χ3v) is 3.88. The van der Waals surface area contributed by atoms with Crippen LogP contribution in [0.1, 0.15) is 11.1 Å². The molecule has 2 aromatic carbocycles. The van der Waals surface area contributed by atoms with E-state index in [1.807, 2.05) is 24.3 Å². The largest absolute Gasteiger partial charge is 0.493 e. The van der Waals surface area contributed by atoms with Gasteiger partial charge < -0.3 is 19.9 Å². The van der Waals surface area contributed by atoms with Crippen molar-refractivity contribution in [1.82, 2.24) is 5.01 Å². The van der Waals surface area contributed by atoms with Crippen molar-refractivity contribution in [3.8, 4) is 11.5 Å². The lowest BCUT2D eigenvalue weighted by molar-refractivity contribution is 0.104. The number of nitrogens with zero attached hydrogens (tertiary/aromatic N) is 2. The zero-order valence-corrected chi connectivity index (χ0v) is 14.1. The smallest absolute Gasteiger partial charge is 0.431 e. The van der Waals surface area contributed by atoms with Crippen LogP contribution >= 0.6 is 0 Å². The van der Waals surface area contributed by atoms with E-state index in [0.717, 1.165) is 11.1 Å². The summed E-state index contributed by atoms with van der Waals surface area (Å²) >= 11 is 0. The van der Waals surface area contributed by atoms with Gasteiger partial charge in [-0.2, -0.15) is 10.1 Å². The zero-order valence-electron chi connectivity index (χ0n) is 14.1. The predicted octanol–water partition coefficient (Wildman–Crippen LogP) is 2.64. The zero-order chi connectivity index (χ0) is 17.8. The second-order valence-corrected chi connectivity index (χ2v) is 5.43. The Labute approximate surface area is 145 Å². The quantitative estimate of drug-likeness (QED) is 0.845. The molecule has 7 heteroatoms. The SMILES string of the molecule is COc1ccc(C2=NN(Cc3ccccc3N)C(=O)OC2)cc1OC. The van der Waals surface area contributed by atoms with Gasteiger partial charge in [0, 0.05) is 11.3 Å². The number of anilines is 1. The molecule has 1 heterocycles. The fraction of sp³-hybridized carbons (Fsp3) is 0.222. The van der Waals surface area contributed by atoms with Gasteiger partial charge in [0.05, 0.1) is 20.8 Å². The summed E-state index contributed by atoms with van der Waals surface area (Å²) in [4.78, 5) is 12.0. The number of para-hydroxylation sites is 1. The number of hydrogen-bond donors (Lipinski definition) is 1. The van der Waals surface area contributed by atoms with Crippen LogP contribution < -0.4 is 15.2 Å². The molecule has 0 fully saturated rings. The Morgan fingerprint density at radius 1 is 1.16 bits per heavy atom. The molecule has 2 N–H and O–H groups in total. The highest BCUT2D eigenvalue weighted by atomic mass is 16.6. The van der Waals surface area contributed by atoms with Crippen LogP contribution in [0.25, 0.3) is 0 Å². The van der Waals surface area contributed by atoms with Gasteiger partial charge in [0.15, 0.2) is 11.5 Å². The average molecular weight is 341 g/mol. The number of hydrogen-bond acceptors (Lipinski definition) is 6. The second kappa shape index (κ2) is 7.12. The number of rotatable bonds is 5. The number of nitrogen functional groups attached to an aromatic ring is 1. The second-order valence-electron chi connectivity index (χ2n) is 5.43. The molecule has 0 atom stereocenters. The molecule has 25 heavy (non-hydrogen) atoms. The number of nitrogens with two attached hydrogens (primary N) is 1. The first-order valence-electron chi connectivity index (χ1n) is 7.70. The molecule has 3 rings (SSSR count). The van der Waals surface area contributed by atoms with Crippen molar-refractivity contribution < 1.29 is 19.0 Å². The van der Waals surface area contributed by atoms with Crippen molar-refractivity contribution in [3.05, 3.63) is 53.6 Å². The number of hydrazone groups is 1. The van der Waals surface area contributed by atoms with Crippen LogP contribution in [0.15, 0.2) is 47.6 Å². The predicted molar refractivity (Wildman–Crippen MR) is 93.8 cm³/mol. The molecule has 0 saturated heterocycles. The highest BCUT2D eigenvalue weighted by Crippen LogP contribution is 2.28. The summed E-state index contributed by atoms with van der Waals surface area (Å²) in [6.07, 6.45) is -0.507. The Hall–Kier alpha value is -3.22. The fourth-order valence-corrected chi connectivity index (χ4v) is 2.52. The molecule has 1 amide bonds. The summed E-state index contributed by atoms with van der Waals surface area (Å²) in [6, 6.07) is 12.8. The maximum Gasteiger partial charge on any atom is 0.431 e. The molecule has 0 radical (unpaired) electrons. The molecule has 130 valence electrons. The fourth-order valence-electron chi connectivity index (χ4n) is 2.52. The first kappa shape index (κ1) is 16.6. The minimum atomic E-state index is -0.507. The number of benzene rings is 2. The van der Waals surface area contributed by atoms with E-state index in [2.05, 4.69) is 5.10 Å². The summed E-state index contributed by atoms with van der Waals surface area (Å²) < 4.78 is 15.8. The lowest BCUT2D eigenvalue weighted by atomic mass is 10.1. The van der Waals surface area contributed by atoms with Crippen molar-refractivity contribution in [2.24, 2.45) is 5.10 Å². The Bertz CT molecular complexity index is 820. The lowest BCUT2D eigenvalue weighted by Crippen LogP contribution is -2.35. The minimum absolute atomic E-state index is 0.0923. The number of methoxy groups -OCH3 is 2. The minimum Gasteiger partial charge on any atom is -0.493 e. The normalized spacial score (nSPS) is 13.9. The molecule has 1 aliphatic heterocycles. The van der Waals surface area contributed by atoms with Crippen LogP contribution in [0.3, 0.4) is 0 Å². The van der Waals surface area contributed by atoms with Gasteiger partial charge in [0.1, 0.15) is 12.3 Å². The molecular formula is C18H19N3O4. The summed E-state index contributed by atoms with van der Waals surface area (Å²) in [6.45, 7) is 0.331. The first-order valence-corrected chi connectivity index (χ1v) is 7.70. The molecule has 2 aromatic rings. The first-order chi connectivity index (χ1) is 12.1. The van der Waals surface area contributed by atoms with Gasteiger partial charge in [-0.3, -0.25) is 0 Å². The molecule has 0 aromatic heterocycles. The van der Waals surface area contributed by atoms with Crippen LogP contribution in [0.4, 0.5) is 10.5 Å². The third-order valence-electron chi connectivity index (χ3n) is 3.88. The molecular weight excluding hydrogens is 322 g/mol. The number of amides is 1. The highest BCUT2D eigenvalue weighted by molar-refractivity contribution is 6.04. The van der Waals surface area contributed by atoms with Crippen molar-refractivity contribution in [1.29, 1.82) is 0 Å². The highest BCUT2D eigenvalue weighted by Gasteiger charge is 2.24. The van der Waals surface area contributed by atoms with E-state index >= 15 is 0 Å². The van der Waals surface area contributed by atoms with Crippen LogP contribution in [-0.4, -0.2) is 37.6 Å². The van der Waals surface area contributed by atoms with Gasteiger partial charge in [-0.05, 0) is 29.8 Å². The van der Waals surface area contributed by atoms with Crippen LogP contribution in [-0.2, 0) is 11.3 Å². The van der Waals surface area contributed by atoms with Gasteiger partial charge in [-0.15, -0.1) is 0 Å². The van der Waals surface area contributed by atoms with Gasteiger partial charge in [0.25, 0.3) is 0 Å². The summed E-state index contributed by atoms with van der Waals surface area (Å²) in [7, 11) is 3.14. The van der Waals surface area contributed by atoms with Crippen molar-refractivity contribution >= 4 is 17.5 Å². The summed E-state index contributed by atoms with van der Waals surface area (Å²) in [5.74, 6) is 1.20. The van der Waals surface area contributed by atoms with E-state index < -0.39 is 6.09 Å². The topological polar surface area (TPSA) is 86.4 Å². The Balaban J connectivity index is 1.89. The molecule has 0 aliphatic carbocycles. The molecule has 0 saturated carbocycles. The third kappa shape index (κ3) is 3.50. The van der Waals surface area contributed by atoms with Gasteiger partial charge in [-0.25, -0.2) is 4.79 Å². The number of carbonyl (C=O) groups excluding carboxylic acids is 1. The maximum atomic E-state index is 12.0. The average Bonchev–Trinajstić information content (AvgIpc) is 2.64. The van der Waals surface area contributed by atoms with E-state index in [-0.39, 0.29) is 13.2 Å². The van der Waals surface area contributed by atoms with E-state index in [9.17, 15) is 4.79 Å². The number of ether oxygens (including phenoxy) is 3. The van der Waals surface area contributed by atoms with Gasteiger partial charge in [-0.1, -0.05) is 18.2 Å². The van der Waals surface area contributed by atoms with Crippen molar-refractivity contribution in [2.75, 3.05) is 26.6 Å². The Morgan fingerprint density at radius 3 is 2.64 bits per heavy atom.